The molecule has 0 fully saturated rings. The summed E-state index contributed by atoms with van der Waals surface area (Å²) in [5.74, 6) is 2.07. The fraction of sp³-hybridized carbons (Fsp3) is 0.100. The molecule has 0 unspecified atom stereocenters. The molecule has 0 radical (unpaired) electrons. The second-order valence-corrected chi connectivity index (χ2v) is 5.96. The van der Waals surface area contributed by atoms with E-state index < -0.39 is 5.91 Å². The number of terminal acetylenes is 1. The van der Waals surface area contributed by atoms with Crippen LogP contribution >= 0.6 is 0 Å². The van der Waals surface area contributed by atoms with Gasteiger partial charge in [-0.3, -0.25) is 19.3 Å². The zero-order chi connectivity index (χ0) is 18.3. The Morgan fingerprint density at radius 3 is 2.81 bits per heavy atom. The molecule has 0 spiro atoms. The van der Waals surface area contributed by atoms with Crippen molar-refractivity contribution in [2.75, 3.05) is 0 Å². The van der Waals surface area contributed by atoms with Crippen LogP contribution in [0.5, 0.6) is 0 Å². The van der Waals surface area contributed by atoms with Crippen LogP contribution in [-0.2, 0) is 0 Å². The molecule has 2 aromatic heterocycles. The quantitative estimate of drug-likeness (QED) is 0.725. The van der Waals surface area contributed by atoms with Crippen molar-refractivity contribution in [2.24, 2.45) is 10.7 Å². The van der Waals surface area contributed by atoms with E-state index in [0.29, 0.717) is 11.4 Å². The SMILES string of the molecule is C#Cc1ccc2c(c1)C(c1ccccn1)=N[C@H](C)c1c(C(N)=O)ncn1-2. The summed E-state index contributed by atoms with van der Waals surface area (Å²) in [5.41, 5.74) is 10.2. The van der Waals surface area contributed by atoms with Gasteiger partial charge in [0, 0.05) is 17.3 Å². The van der Waals surface area contributed by atoms with Crippen molar-refractivity contribution < 1.29 is 4.79 Å². The normalized spacial score (nSPS) is 15.2. The first-order valence-electron chi connectivity index (χ1n) is 8.08. The number of hydrogen-bond donors (Lipinski definition) is 1. The fourth-order valence-electron chi connectivity index (χ4n) is 3.20. The monoisotopic (exact) mass is 341 g/mol. The summed E-state index contributed by atoms with van der Waals surface area (Å²) in [6.45, 7) is 1.90. The summed E-state index contributed by atoms with van der Waals surface area (Å²) < 4.78 is 1.85. The number of fused-ring (bicyclic) bond motifs is 3. The lowest BCUT2D eigenvalue weighted by Crippen LogP contribution is -2.15. The van der Waals surface area contributed by atoms with Crippen molar-refractivity contribution in [3.8, 4) is 18.0 Å². The van der Waals surface area contributed by atoms with E-state index in [9.17, 15) is 4.79 Å². The highest BCUT2D eigenvalue weighted by Gasteiger charge is 2.28. The van der Waals surface area contributed by atoms with Crippen LogP contribution in [0.2, 0.25) is 0 Å². The molecule has 0 bridgehead atoms. The summed E-state index contributed by atoms with van der Waals surface area (Å²) >= 11 is 0. The molecule has 26 heavy (non-hydrogen) atoms. The standard InChI is InChI=1S/C20H15N5O/c1-3-13-7-8-16-14(10-13)17(15-6-4-5-9-22-15)24-12(2)19-18(20(21)26)23-11-25(16)19/h1,4-12H,2H3,(H2,21,26)/t12-/m1/s1. The minimum absolute atomic E-state index is 0.218. The number of aliphatic imine (C=N–C) groups is 1. The van der Waals surface area contributed by atoms with E-state index in [2.05, 4.69) is 15.9 Å². The van der Waals surface area contributed by atoms with Gasteiger partial charge in [-0.05, 0) is 37.3 Å². The molecule has 126 valence electrons. The van der Waals surface area contributed by atoms with E-state index in [1.165, 1.54) is 0 Å². The van der Waals surface area contributed by atoms with Crippen molar-refractivity contribution in [3.63, 3.8) is 0 Å². The van der Waals surface area contributed by atoms with Gasteiger partial charge in [0.2, 0.25) is 0 Å². The summed E-state index contributed by atoms with van der Waals surface area (Å²) in [7, 11) is 0. The van der Waals surface area contributed by atoms with Crippen molar-refractivity contribution in [1.82, 2.24) is 14.5 Å². The number of hydrogen-bond acceptors (Lipinski definition) is 4. The number of imidazole rings is 1. The number of rotatable bonds is 2. The lowest BCUT2D eigenvalue weighted by molar-refractivity contribution is 0.0994. The number of nitrogens with zero attached hydrogens (tertiary/aromatic N) is 4. The van der Waals surface area contributed by atoms with Crippen LogP contribution in [-0.4, -0.2) is 26.2 Å². The van der Waals surface area contributed by atoms with E-state index in [4.69, 9.17) is 17.1 Å². The van der Waals surface area contributed by atoms with Crippen LogP contribution in [0.3, 0.4) is 0 Å². The maximum Gasteiger partial charge on any atom is 0.269 e. The molecule has 1 aliphatic heterocycles. The molecule has 0 aliphatic carbocycles. The third-order valence-corrected chi connectivity index (χ3v) is 4.34. The number of carbonyl (C=O) groups is 1. The molecule has 4 rings (SSSR count). The zero-order valence-electron chi connectivity index (χ0n) is 14.0. The van der Waals surface area contributed by atoms with Gasteiger partial charge in [-0.15, -0.1) is 6.42 Å². The van der Waals surface area contributed by atoms with Gasteiger partial charge in [0.15, 0.2) is 5.69 Å². The highest BCUT2D eigenvalue weighted by Crippen LogP contribution is 2.32. The first-order chi connectivity index (χ1) is 12.6. The van der Waals surface area contributed by atoms with Crippen molar-refractivity contribution >= 4 is 11.6 Å². The Kier molecular flexibility index (Phi) is 3.63. The van der Waals surface area contributed by atoms with Crippen LogP contribution in [0.15, 0.2) is 53.9 Å². The first-order valence-corrected chi connectivity index (χ1v) is 8.08. The zero-order valence-corrected chi connectivity index (χ0v) is 14.0. The topological polar surface area (TPSA) is 86.2 Å². The number of pyridine rings is 1. The molecule has 6 heteroatoms. The Morgan fingerprint density at radius 2 is 2.12 bits per heavy atom. The fourth-order valence-corrected chi connectivity index (χ4v) is 3.20. The minimum Gasteiger partial charge on any atom is -0.364 e. The Balaban J connectivity index is 2.06. The number of aromatic nitrogens is 3. The Morgan fingerprint density at radius 1 is 1.27 bits per heavy atom. The smallest absolute Gasteiger partial charge is 0.269 e. The van der Waals surface area contributed by atoms with Gasteiger partial charge in [-0.25, -0.2) is 4.98 Å². The average Bonchev–Trinajstić information content (AvgIpc) is 3.07. The number of benzene rings is 1. The van der Waals surface area contributed by atoms with E-state index in [0.717, 1.165) is 22.5 Å². The van der Waals surface area contributed by atoms with Crippen LogP contribution in [0, 0.1) is 12.3 Å². The molecule has 1 atom stereocenters. The van der Waals surface area contributed by atoms with Crippen molar-refractivity contribution in [2.45, 2.75) is 13.0 Å². The minimum atomic E-state index is -0.580. The van der Waals surface area contributed by atoms with Crippen LogP contribution < -0.4 is 5.73 Å². The van der Waals surface area contributed by atoms with Gasteiger partial charge in [0.1, 0.15) is 6.33 Å². The average molecular weight is 341 g/mol. The summed E-state index contributed by atoms with van der Waals surface area (Å²) in [4.78, 5) is 25.3. The van der Waals surface area contributed by atoms with Crippen molar-refractivity contribution in [3.05, 3.63) is 77.1 Å². The molecule has 6 nitrogen and oxygen atoms in total. The first kappa shape index (κ1) is 15.8. The van der Waals surface area contributed by atoms with Gasteiger partial charge in [0.05, 0.1) is 28.8 Å². The summed E-state index contributed by atoms with van der Waals surface area (Å²) in [6, 6.07) is 11.0. The molecular weight excluding hydrogens is 326 g/mol. The largest absolute Gasteiger partial charge is 0.364 e. The van der Waals surface area contributed by atoms with E-state index in [-0.39, 0.29) is 11.7 Å². The van der Waals surface area contributed by atoms with Gasteiger partial charge in [-0.1, -0.05) is 12.0 Å². The van der Waals surface area contributed by atoms with Crippen molar-refractivity contribution in [1.29, 1.82) is 0 Å². The number of primary amides is 1. The Hall–Kier alpha value is -3.72. The molecule has 0 saturated heterocycles. The Bertz CT molecular complexity index is 1090. The third kappa shape index (κ3) is 2.38. The van der Waals surface area contributed by atoms with Gasteiger partial charge in [0.25, 0.3) is 5.91 Å². The predicted octanol–water partition coefficient (Wildman–Crippen LogP) is 2.26. The van der Waals surface area contributed by atoms with E-state index >= 15 is 0 Å². The molecule has 2 N–H and O–H groups in total. The lowest BCUT2D eigenvalue weighted by Gasteiger charge is -2.12. The predicted molar refractivity (Wildman–Crippen MR) is 98.3 cm³/mol. The summed E-state index contributed by atoms with van der Waals surface area (Å²) in [6.07, 6.45) is 8.90. The molecule has 0 saturated carbocycles. The van der Waals surface area contributed by atoms with E-state index in [1.54, 1.807) is 12.5 Å². The van der Waals surface area contributed by atoms with Gasteiger partial charge in [-0.2, -0.15) is 0 Å². The van der Waals surface area contributed by atoms with Crippen LogP contribution in [0.25, 0.3) is 5.69 Å². The summed E-state index contributed by atoms with van der Waals surface area (Å²) in [5, 5.41) is 0. The highest BCUT2D eigenvalue weighted by molar-refractivity contribution is 6.14. The molecular formula is C20H15N5O. The lowest BCUT2D eigenvalue weighted by atomic mass is 10.0. The third-order valence-electron chi connectivity index (χ3n) is 4.34. The maximum absolute atomic E-state index is 11.8. The number of carbonyl (C=O) groups excluding carboxylic acids is 1. The second kappa shape index (κ2) is 5.97. The number of amides is 1. The van der Waals surface area contributed by atoms with Gasteiger partial charge >= 0.3 is 0 Å². The molecule has 1 amide bonds. The van der Waals surface area contributed by atoms with E-state index in [1.807, 2.05) is 47.9 Å². The second-order valence-electron chi connectivity index (χ2n) is 5.96. The molecule has 3 aromatic rings. The van der Waals surface area contributed by atoms with Crippen LogP contribution in [0.1, 0.15) is 46.0 Å². The number of nitrogens with two attached hydrogens (primary N) is 1. The highest BCUT2D eigenvalue weighted by atomic mass is 16.1. The van der Waals surface area contributed by atoms with Crippen LogP contribution in [0.4, 0.5) is 0 Å². The van der Waals surface area contributed by atoms with Gasteiger partial charge < -0.3 is 5.73 Å². The Labute approximate surface area is 150 Å². The molecule has 3 heterocycles. The maximum atomic E-state index is 11.8. The molecule has 1 aliphatic rings. The molecule has 1 aromatic carbocycles.